The molecule has 1 saturated heterocycles. The molecular formula is C13H28N4O. The van der Waals surface area contributed by atoms with Gasteiger partial charge in [-0.1, -0.05) is 6.92 Å². The molecule has 1 heterocycles. The molecule has 0 radical (unpaired) electrons. The molecule has 1 rings (SSSR count). The summed E-state index contributed by atoms with van der Waals surface area (Å²) in [4.78, 5) is 16.2. The molecule has 1 amide bonds. The Labute approximate surface area is 111 Å². The molecule has 0 bridgehead atoms. The third-order valence-corrected chi connectivity index (χ3v) is 3.30. The van der Waals surface area contributed by atoms with Crippen LogP contribution in [-0.2, 0) is 4.79 Å². The van der Waals surface area contributed by atoms with Crippen molar-refractivity contribution in [1.82, 2.24) is 20.4 Å². The zero-order valence-electron chi connectivity index (χ0n) is 11.9. The molecular weight excluding hydrogens is 228 g/mol. The number of amides is 1. The van der Waals surface area contributed by atoms with Crippen molar-refractivity contribution in [3.63, 3.8) is 0 Å². The lowest BCUT2D eigenvalue weighted by Crippen LogP contribution is -2.46. The fourth-order valence-electron chi connectivity index (χ4n) is 1.99. The van der Waals surface area contributed by atoms with E-state index in [-0.39, 0.29) is 5.91 Å². The number of hydrogen-bond acceptors (Lipinski definition) is 4. The van der Waals surface area contributed by atoms with E-state index in [2.05, 4.69) is 34.4 Å². The first-order chi connectivity index (χ1) is 8.72. The van der Waals surface area contributed by atoms with Crippen molar-refractivity contribution in [2.24, 2.45) is 0 Å². The van der Waals surface area contributed by atoms with Crippen molar-refractivity contribution < 1.29 is 4.79 Å². The highest BCUT2D eigenvalue weighted by Crippen LogP contribution is 1.97. The Balaban J connectivity index is 1.90. The van der Waals surface area contributed by atoms with Gasteiger partial charge in [0.05, 0.1) is 0 Å². The summed E-state index contributed by atoms with van der Waals surface area (Å²) >= 11 is 0. The Bertz CT molecular complexity index is 227. The smallest absolute Gasteiger partial charge is 0.221 e. The molecule has 0 aliphatic carbocycles. The van der Waals surface area contributed by atoms with E-state index in [0.717, 1.165) is 45.7 Å². The van der Waals surface area contributed by atoms with E-state index >= 15 is 0 Å². The monoisotopic (exact) mass is 256 g/mol. The van der Waals surface area contributed by atoms with Crippen molar-refractivity contribution in [2.75, 3.05) is 59.4 Å². The van der Waals surface area contributed by atoms with E-state index in [0.29, 0.717) is 6.42 Å². The van der Waals surface area contributed by atoms with Crippen LogP contribution in [-0.4, -0.2) is 75.1 Å². The fraction of sp³-hybridized carbons (Fsp3) is 0.923. The van der Waals surface area contributed by atoms with Crippen LogP contribution in [0.2, 0.25) is 0 Å². The normalized spacial score (nSPS) is 17.9. The average molecular weight is 256 g/mol. The van der Waals surface area contributed by atoms with Gasteiger partial charge in [0.15, 0.2) is 0 Å². The molecule has 1 aliphatic heterocycles. The maximum absolute atomic E-state index is 11.3. The molecule has 0 saturated carbocycles. The van der Waals surface area contributed by atoms with Gasteiger partial charge in [-0.3, -0.25) is 9.69 Å². The lowest BCUT2D eigenvalue weighted by Gasteiger charge is -2.32. The zero-order chi connectivity index (χ0) is 13.2. The number of nitrogens with one attached hydrogen (secondary N) is 2. The number of rotatable bonds is 8. The van der Waals surface area contributed by atoms with E-state index in [4.69, 9.17) is 0 Å². The molecule has 0 aromatic carbocycles. The van der Waals surface area contributed by atoms with Crippen molar-refractivity contribution in [3.8, 4) is 0 Å². The highest BCUT2D eigenvalue weighted by Gasteiger charge is 2.12. The number of hydrogen-bond donors (Lipinski definition) is 2. The predicted molar refractivity (Wildman–Crippen MR) is 74.7 cm³/mol. The number of carbonyl (C=O) groups is 1. The molecule has 0 spiro atoms. The molecule has 5 nitrogen and oxygen atoms in total. The van der Waals surface area contributed by atoms with E-state index in [1.807, 2.05) is 0 Å². The summed E-state index contributed by atoms with van der Waals surface area (Å²) in [7, 11) is 2.17. The largest absolute Gasteiger partial charge is 0.356 e. The summed E-state index contributed by atoms with van der Waals surface area (Å²) in [5, 5.41) is 6.22. The van der Waals surface area contributed by atoms with Gasteiger partial charge in [-0.2, -0.15) is 0 Å². The summed E-state index contributed by atoms with van der Waals surface area (Å²) in [5.74, 6) is 0.156. The van der Waals surface area contributed by atoms with Crippen molar-refractivity contribution >= 4 is 5.91 Å². The molecule has 0 aromatic rings. The van der Waals surface area contributed by atoms with Crippen LogP contribution in [0, 0.1) is 0 Å². The molecule has 1 aliphatic rings. The molecule has 0 unspecified atom stereocenters. The van der Waals surface area contributed by atoms with Crippen LogP contribution in [0.4, 0.5) is 0 Å². The second kappa shape index (κ2) is 9.30. The summed E-state index contributed by atoms with van der Waals surface area (Å²) < 4.78 is 0. The van der Waals surface area contributed by atoms with Crippen LogP contribution in [0.5, 0.6) is 0 Å². The number of carbonyl (C=O) groups excluding carboxylic acids is 1. The minimum absolute atomic E-state index is 0.156. The first kappa shape index (κ1) is 15.4. The summed E-state index contributed by atoms with van der Waals surface area (Å²) in [5.41, 5.74) is 0. The highest BCUT2D eigenvalue weighted by molar-refractivity contribution is 5.75. The summed E-state index contributed by atoms with van der Waals surface area (Å²) in [6.45, 7) is 10.4. The molecule has 1 fully saturated rings. The van der Waals surface area contributed by atoms with Gasteiger partial charge in [-0.05, 0) is 13.5 Å². The highest BCUT2D eigenvalue weighted by atomic mass is 16.1. The predicted octanol–water partition coefficient (Wildman–Crippen LogP) is -0.260. The lowest BCUT2D eigenvalue weighted by atomic mass is 10.3. The van der Waals surface area contributed by atoms with Crippen molar-refractivity contribution in [2.45, 2.75) is 19.8 Å². The van der Waals surface area contributed by atoms with Gasteiger partial charge < -0.3 is 15.5 Å². The zero-order valence-corrected chi connectivity index (χ0v) is 11.9. The Morgan fingerprint density at radius 3 is 2.50 bits per heavy atom. The Morgan fingerprint density at radius 2 is 1.83 bits per heavy atom. The molecule has 0 aromatic heterocycles. The van der Waals surface area contributed by atoms with Crippen LogP contribution in [0.15, 0.2) is 0 Å². The average Bonchev–Trinajstić information content (AvgIpc) is 2.38. The topological polar surface area (TPSA) is 47.6 Å². The third kappa shape index (κ3) is 6.93. The quantitative estimate of drug-likeness (QED) is 0.588. The number of nitrogens with zero attached hydrogens (tertiary/aromatic N) is 2. The molecule has 2 N–H and O–H groups in total. The van der Waals surface area contributed by atoms with Gasteiger partial charge >= 0.3 is 0 Å². The minimum Gasteiger partial charge on any atom is -0.356 e. The fourth-order valence-corrected chi connectivity index (χ4v) is 1.99. The van der Waals surface area contributed by atoms with E-state index in [9.17, 15) is 4.79 Å². The Kier molecular flexibility index (Phi) is 7.96. The standard InChI is InChI=1S/C13H28N4O/c1-3-5-15-13(18)4-6-14-7-8-17-11-9-16(2)10-12-17/h14H,3-12H2,1-2H3,(H,15,18). The second-order valence-electron chi connectivity index (χ2n) is 4.99. The van der Waals surface area contributed by atoms with Gasteiger partial charge in [-0.15, -0.1) is 0 Å². The lowest BCUT2D eigenvalue weighted by molar-refractivity contribution is -0.120. The molecule has 0 atom stereocenters. The van der Waals surface area contributed by atoms with Gasteiger partial charge in [0, 0.05) is 58.8 Å². The van der Waals surface area contributed by atoms with E-state index in [1.165, 1.54) is 13.1 Å². The Hall–Kier alpha value is -0.650. The maximum Gasteiger partial charge on any atom is 0.221 e. The van der Waals surface area contributed by atoms with Crippen LogP contribution in [0.1, 0.15) is 19.8 Å². The maximum atomic E-state index is 11.3. The SMILES string of the molecule is CCCNC(=O)CCNCCN1CCN(C)CC1. The van der Waals surface area contributed by atoms with Gasteiger partial charge in [0.25, 0.3) is 0 Å². The van der Waals surface area contributed by atoms with E-state index in [1.54, 1.807) is 0 Å². The minimum atomic E-state index is 0.156. The van der Waals surface area contributed by atoms with Crippen LogP contribution >= 0.6 is 0 Å². The second-order valence-corrected chi connectivity index (χ2v) is 4.99. The first-order valence-corrected chi connectivity index (χ1v) is 7.10. The van der Waals surface area contributed by atoms with Gasteiger partial charge in [0.1, 0.15) is 0 Å². The molecule has 18 heavy (non-hydrogen) atoms. The molecule has 5 heteroatoms. The van der Waals surface area contributed by atoms with Gasteiger partial charge in [0.2, 0.25) is 5.91 Å². The summed E-state index contributed by atoms with van der Waals surface area (Å²) in [6.07, 6.45) is 1.59. The van der Waals surface area contributed by atoms with Crippen LogP contribution < -0.4 is 10.6 Å². The van der Waals surface area contributed by atoms with Crippen molar-refractivity contribution in [3.05, 3.63) is 0 Å². The van der Waals surface area contributed by atoms with Gasteiger partial charge in [-0.25, -0.2) is 0 Å². The Morgan fingerprint density at radius 1 is 1.11 bits per heavy atom. The summed E-state index contributed by atoms with van der Waals surface area (Å²) in [6, 6.07) is 0. The van der Waals surface area contributed by atoms with E-state index < -0.39 is 0 Å². The number of likely N-dealkylation sites (N-methyl/N-ethyl adjacent to an activating group) is 1. The van der Waals surface area contributed by atoms with Crippen LogP contribution in [0.25, 0.3) is 0 Å². The number of piperazine rings is 1. The first-order valence-electron chi connectivity index (χ1n) is 7.10. The molecule has 106 valence electrons. The van der Waals surface area contributed by atoms with Crippen LogP contribution in [0.3, 0.4) is 0 Å². The van der Waals surface area contributed by atoms with Crippen molar-refractivity contribution in [1.29, 1.82) is 0 Å². The third-order valence-electron chi connectivity index (χ3n) is 3.30.